The Morgan fingerprint density at radius 1 is 0.960 bits per heavy atom. The molecule has 1 aliphatic heterocycles. The number of amides is 1. The first-order valence-corrected chi connectivity index (χ1v) is 8.74. The molecule has 0 aliphatic carbocycles. The van der Waals surface area contributed by atoms with Crippen LogP contribution in [-0.2, 0) is 6.54 Å². The maximum absolute atomic E-state index is 12.9. The van der Waals surface area contributed by atoms with Crippen LogP contribution >= 0.6 is 0 Å². The first-order chi connectivity index (χ1) is 12.1. The second-order valence-corrected chi connectivity index (χ2v) is 6.37. The number of carbonyl (C=O) groups is 1. The van der Waals surface area contributed by atoms with Crippen LogP contribution in [0, 0.1) is 5.82 Å². The van der Waals surface area contributed by atoms with Gasteiger partial charge in [0.15, 0.2) is 0 Å². The van der Waals surface area contributed by atoms with E-state index in [1.54, 1.807) is 0 Å². The Hall–Kier alpha value is -2.24. The van der Waals surface area contributed by atoms with Gasteiger partial charge in [-0.1, -0.05) is 19.1 Å². The summed E-state index contributed by atoms with van der Waals surface area (Å²) in [5, 5.41) is 2.84. The van der Waals surface area contributed by atoms with E-state index in [1.165, 1.54) is 29.8 Å². The number of likely N-dealkylation sites (N-methyl/N-ethyl adjacent to an activating group) is 1. The molecule has 0 unspecified atom stereocenters. The maximum Gasteiger partial charge on any atom is 0.255 e. The lowest BCUT2D eigenvalue weighted by Crippen LogP contribution is -2.45. The number of anilines is 1. The molecule has 1 fully saturated rings. The number of nitrogens with zero attached hydrogens (tertiary/aromatic N) is 2. The van der Waals surface area contributed by atoms with E-state index in [9.17, 15) is 9.18 Å². The van der Waals surface area contributed by atoms with Crippen molar-refractivity contribution in [3.63, 3.8) is 0 Å². The molecule has 0 spiro atoms. The van der Waals surface area contributed by atoms with Crippen molar-refractivity contribution in [2.45, 2.75) is 13.5 Å². The van der Waals surface area contributed by atoms with E-state index in [-0.39, 0.29) is 11.7 Å². The van der Waals surface area contributed by atoms with Crippen molar-refractivity contribution >= 4 is 11.6 Å². The second-order valence-electron chi connectivity index (χ2n) is 6.37. The number of nitrogens with one attached hydrogen (secondary N) is 1. The van der Waals surface area contributed by atoms with Crippen molar-refractivity contribution in [2.75, 3.05) is 38.0 Å². The highest BCUT2D eigenvalue weighted by Gasteiger charge is 2.15. The number of halogens is 1. The number of carbonyl (C=O) groups excluding carboxylic acids is 1. The lowest BCUT2D eigenvalue weighted by Gasteiger charge is -2.34. The second kappa shape index (κ2) is 8.23. The summed E-state index contributed by atoms with van der Waals surface area (Å²) in [6.07, 6.45) is 0. The highest BCUT2D eigenvalue weighted by atomic mass is 19.1. The fraction of sp³-hybridized carbons (Fsp3) is 0.350. The minimum atomic E-state index is -0.347. The van der Waals surface area contributed by atoms with Crippen LogP contribution in [0.25, 0.3) is 0 Å². The summed E-state index contributed by atoms with van der Waals surface area (Å²) in [4.78, 5) is 17.1. The van der Waals surface area contributed by atoms with E-state index in [2.05, 4.69) is 22.0 Å². The molecule has 1 N–H and O–H groups in total. The zero-order valence-corrected chi connectivity index (χ0v) is 14.5. The van der Waals surface area contributed by atoms with Gasteiger partial charge < -0.3 is 10.2 Å². The van der Waals surface area contributed by atoms with Crippen LogP contribution in [0.15, 0.2) is 48.5 Å². The summed E-state index contributed by atoms with van der Waals surface area (Å²) < 4.78 is 12.9. The molecule has 2 aromatic rings. The van der Waals surface area contributed by atoms with Gasteiger partial charge in [0.2, 0.25) is 0 Å². The van der Waals surface area contributed by atoms with Crippen molar-refractivity contribution in [3.8, 4) is 0 Å². The lowest BCUT2D eigenvalue weighted by molar-refractivity contribution is 0.102. The number of benzene rings is 2. The summed E-state index contributed by atoms with van der Waals surface area (Å²) in [6, 6.07) is 13.5. The average molecular weight is 341 g/mol. The molecule has 1 amide bonds. The minimum Gasteiger partial charge on any atom is -0.322 e. The first kappa shape index (κ1) is 17.6. The van der Waals surface area contributed by atoms with Crippen molar-refractivity contribution in [1.29, 1.82) is 0 Å². The zero-order chi connectivity index (χ0) is 17.6. The number of hydrogen-bond donors (Lipinski definition) is 1. The van der Waals surface area contributed by atoms with Crippen LogP contribution in [0.3, 0.4) is 0 Å². The molecule has 0 aromatic heterocycles. The molecule has 2 aromatic carbocycles. The molecule has 1 aliphatic rings. The van der Waals surface area contributed by atoms with Gasteiger partial charge in [-0.3, -0.25) is 9.69 Å². The Labute approximate surface area is 148 Å². The topological polar surface area (TPSA) is 35.6 Å². The van der Waals surface area contributed by atoms with Crippen LogP contribution in [0.4, 0.5) is 10.1 Å². The van der Waals surface area contributed by atoms with Gasteiger partial charge in [-0.15, -0.1) is 0 Å². The highest BCUT2D eigenvalue weighted by Crippen LogP contribution is 2.14. The van der Waals surface area contributed by atoms with Crippen molar-refractivity contribution in [3.05, 3.63) is 65.5 Å². The van der Waals surface area contributed by atoms with E-state index in [0.717, 1.165) is 45.0 Å². The van der Waals surface area contributed by atoms with Crippen LogP contribution in [0.5, 0.6) is 0 Å². The summed E-state index contributed by atoms with van der Waals surface area (Å²) in [6.45, 7) is 8.70. The minimum absolute atomic E-state index is 0.233. The van der Waals surface area contributed by atoms with Crippen LogP contribution < -0.4 is 5.32 Å². The Morgan fingerprint density at radius 2 is 1.56 bits per heavy atom. The van der Waals surface area contributed by atoms with E-state index >= 15 is 0 Å². The Kier molecular flexibility index (Phi) is 5.79. The molecule has 3 rings (SSSR count). The van der Waals surface area contributed by atoms with E-state index in [0.29, 0.717) is 5.56 Å². The van der Waals surface area contributed by atoms with Gasteiger partial charge in [0, 0.05) is 44.0 Å². The third kappa shape index (κ3) is 4.87. The third-order valence-electron chi connectivity index (χ3n) is 4.64. The van der Waals surface area contributed by atoms with Gasteiger partial charge in [-0.25, -0.2) is 4.39 Å². The van der Waals surface area contributed by atoms with Crippen LogP contribution in [-0.4, -0.2) is 48.4 Å². The highest BCUT2D eigenvalue weighted by molar-refractivity contribution is 6.04. The molecule has 0 bridgehead atoms. The normalized spacial score (nSPS) is 15.9. The predicted octanol–water partition coefficient (Wildman–Crippen LogP) is 3.22. The molecule has 25 heavy (non-hydrogen) atoms. The monoisotopic (exact) mass is 341 g/mol. The molecule has 1 heterocycles. The molecule has 0 saturated carbocycles. The van der Waals surface area contributed by atoms with Gasteiger partial charge >= 0.3 is 0 Å². The Bertz CT molecular complexity index is 692. The van der Waals surface area contributed by atoms with Crippen molar-refractivity contribution < 1.29 is 9.18 Å². The Balaban J connectivity index is 1.53. The zero-order valence-electron chi connectivity index (χ0n) is 14.5. The molecule has 5 heteroatoms. The van der Waals surface area contributed by atoms with Gasteiger partial charge in [-0.2, -0.15) is 0 Å². The SMILES string of the molecule is CCN1CCN(Cc2ccc(NC(=O)c3ccc(F)cc3)cc2)CC1. The fourth-order valence-corrected chi connectivity index (χ4v) is 3.02. The number of hydrogen-bond acceptors (Lipinski definition) is 3. The fourth-order valence-electron chi connectivity index (χ4n) is 3.02. The molecular weight excluding hydrogens is 317 g/mol. The van der Waals surface area contributed by atoms with Gasteiger partial charge in [0.05, 0.1) is 0 Å². The largest absolute Gasteiger partial charge is 0.322 e. The summed E-state index contributed by atoms with van der Waals surface area (Å²) >= 11 is 0. The van der Waals surface area contributed by atoms with Crippen LogP contribution in [0.2, 0.25) is 0 Å². The molecular formula is C20H24FN3O. The lowest BCUT2D eigenvalue weighted by atomic mass is 10.1. The summed E-state index contributed by atoms with van der Waals surface area (Å²) in [5.41, 5.74) is 2.43. The number of piperazine rings is 1. The number of rotatable bonds is 5. The molecule has 0 radical (unpaired) electrons. The summed E-state index contributed by atoms with van der Waals surface area (Å²) in [7, 11) is 0. The predicted molar refractivity (Wildman–Crippen MR) is 98.2 cm³/mol. The molecule has 4 nitrogen and oxygen atoms in total. The van der Waals surface area contributed by atoms with E-state index in [1.807, 2.05) is 24.3 Å². The third-order valence-corrected chi connectivity index (χ3v) is 4.64. The van der Waals surface area contributed by atoms with E-state index < -0.39 is 0 Å². The van der Waals surface area contributed by atoms with Gasteiger partial charge in [0.25, 0.3) is 5.91 Å². The summed E-state index contributed by atoms with van der Waals surface area (Å²) in [5.74, 6) is -0.580. The quantitative estimate of drug-likeness (QED) is 0.907. The maximum atomic E-state index is 12.9. The average Bonchev–Trinajstić information content (AvgIpc) is 2.64. The smallest absolute Gasteiger partial charge is 0.255 e. The molecule has 1 saturated heterocycles. The van der Waals surface area contributed by atoms with Gasteiger partial charge in [-0.05, 0) is 48.5 Å². The van der Waals surface area contributed by atoms with Gasteiger partial charge in [0.1, 0.15) is 5.82 Å². The van der Waals surface area contributed by atoms with E-state index in [4.69, 9.17) is 0 Å². The van der Waals surface area contributed by atoms with Crippen molar-refractivity contribution in [1.82, 2.24) is 9.80 Å². The van der Waals surface area contributed by atoms with Crippen LogP contribution in [0.1, 0.15) is 22.8 Å². The molecule has 0 atom stereocenters. The Morgan fingerprint density at radius 3 is 2.16 bits per heavy atom. The molecule has 132 valence electrons. The standard InChI is InChI=1S/C20H24FN3O/c1-2-23-11-13-24(14-12-23)15-16-3-9-19(10-4-16)22-20(25)17-5-7-18(21)8-6-17/h3-10H,2,11-15H2,1H3,(H,22,25). The van der Waals surface area contributed by atoms with Crippen molar-refractivity contribution in [2.24, 2.45) is 0 Å². The first-order valence-electron chi connectivity index (χ1n) is 8.74.